The lowest BCUT2D eigenvalue weighted by Crippen LogP contribution is -2.69. The Bertz CT molecular complexity index is 1380. The highest BCUT2D eigenvalue weighted by Crippen LogP contribution is 2.60. The monoisotopic (exact) mass is 608 g/mol. The molecule has 238 valence electrons. The van der Waals surface area contributed by atoms with Crippen molar-refractivity contribution in [1.82, 2.24) is 10.4 Å². The molecule has 7 fully saturated rings. The van der Waals surface area contributed by atoms with Crippen LogP contribution in [0.2, 0.25) is 0 Å². The molecule has 1 unspecified atom stereocenters. The van der Waals surface area contributed by atoms with Crippen molar-refractivity contribution in [1.29, 1.82) is 0 Å². The summed E-state index contributed by atoms with van der Waals surface area (Å²) in [7, 11) is 0. The molecule has 10 nitrogen and oxygen atoms in total. The van der Waals surface area contributed by atoms with Gasteiger partial charge < -0.3 is 29.4 Å². The Morgan fingerprint density at radius 1 is 1.16 bits per heavy atom. The summed E-state index contributed by atoms with van der Waals surface area (Å²) in [5, 5.41) is 13.8. The lowest BCUT2D eigenvalue weighted by atomic mass is 9.52. The van der Waals surface area contributed by atoms with Crippen LogP contribution in [0.25, 0.3) is 6.08 Å². The molecule has 3 aliphatic carbocycles. The van der Waals surface area contributed by atoms with E-state index in [1.165, 1.54) is 18.4 Å². The van der Waals surface area contributed by atoms with Gasteiger partial charge in [-0.3, -0.25) is 14.4 Å². The minimum Gasteiger partial charge on any atom is -0.458 e. The van der Waals surface area contributed by atoms with Crippen molar-refractivity contribution >= 4 is 18.0 Å². The molecule has 0 aromatic heterocycles. The number of carbonyl (C=O) groups is 2. The molecule has 44 heavy (non-hydrogen) atoms. The second-order valence-corrected chi connectivity index (χ2v) is 14.9. The molecule has 2 N–H and O–H groups in total. The van der Waals surface area contributed by atoms with E-state index in [0.29, 0.717) is 29.9 Å². The molecule has 4 saturated heterocycles. The molecule has 3 saturated carbocycles. The van der Waals surface area contributed by atoms with E-state index < -0.39 is 41.8 Å². The van der Waals surface area contributed by atoms with Gasteiger partial charge in [0.25, 0.3) is 0 Å². The molecular weight excluding hydrogens is 564 g/mol. The number of benzene rings is 1. The van der Waals surface area contributed by atoms with Crippen LogP contribution in [-0.4, -0.2) is 84.2 Å². The number of fused-ring (bicyclic) bond motifs is 6. The molecule has 1 aromatic rings. The minimum absolute atomic E-state index is 0.0564. The number of hydrogen-bond donors (Lipinski definition) is 2. The highest BCUT2D eigenvalue weighted by molar-refractivity contribution is 5.93. The van der Waals surface area contributed by atoms with Crippen molar-refractivity contribution < 1.29 is 38.5 Å². The number of aliphatic hydroxyl groups is 1. The van der Waals surface area contributed by atoms with Crippen molar-refractivity contribution in [3.8, 4) is 0 Å². The first-order chi connectivity index (χ1) is 21.1. The summed E-state index contributed by atoms with van der Waals surface area (Å²) < 4.78 is 23.7. The summed E-state index contributed by atoms with van der Waals surface area (Å²) in [5.41, 5.74) is 2.82. The summed E-state index contributed by atoms with van der Waals surface area (Å²) in [5.74, 6) is 0.447. The molecule has 0 radical (unpaired) electrons. The summed E-state index contributed by atoms with van der Waals surface area (Å²) in [6.45, 7) is 7.35. The number of epoxide rings is 1. The maximum absolute atomic E-state index is 13.7. The summed E-state index contributed by atoms with van der Waals surface area (Å²) in [4.78, 5) is 33.8. The van der Waals surface area contributed by atoms with Crippen LogP contribution in [0.1, 0.15) is 70.4 Å². The van der Waals surface area contributed by atoms with Crippen molar-refractivity contribution in [3.05, 3.63) is 41.0 Å². The molecular formula is C34H44N2O8. The number of hydroxylamine groups is 2. The van der Waals surface area contributed by atoms with Crippen LogP contribution >= 0.6 is 0 Å². The number of hydrogen-bond acceptors (Lipinski definition) is 9. The lowest BCUT2D eigenvalue weighted by molar-refractivity contribution is -0.201. The van der Waals surface area contributed by atoms with Gasteiger partial charge >= 0.3 is 5.97 Å². The van der Waals surface area contributed by atoms with Gasteiger partial charge in [-0.1, -0.05) is 49.8 Å². The third-order valence-electron chi connectivity index (χ3n) is 11.9. The van der Waals surface area contributed by atoms with Gasteiger partial charge in [-0.05, 0) is 67.4 Å². The molecule has 0 spiro atoms. The van der Waals surface area contributed by atoms with E-state index in [1.54, 1.807) is 5.06 Å². The Morgan fingerprint density at radius 2 is 2.00 bits per heavy atom. The zero-order valence-corrected chi connectivity index (χ0v) is 25.8. The van der Waals surface area contributed by atoms with Gasteiger partial charge in [0.1, 0.15) is 36.6 Å². The first kappa shape index (κ1) is 29.1. The number of amides is 1. The number of allylic oxidation sites excluding steroid dienone is 1. The Kier molecular flexibility index (Phi) is 6.83. The van der Waals surface area contributed by atoms with Gasteiger partial charge in [0.2, 0.25) is 5.91 Å². The van der Waals surface area contributed by atoms with Crippen molar-refractivity contribution in [2.45, 2.75) is 108 Å². The zero-order chi connectivity index (χ0) is 30.4. The largest absolute Gasteiger partial charge is 0.458 e. The number of aliphatic hydroxyl groups excluding tert-OH is 1. The highest BCUT2D eigenvalue weighted by atomic mass is 16.8. The fourth-order valence-corrected chi connectivity index (χ4v) is 9.55. The Morgan fingerprint density at radius 3 is 2.82 bits per heavy atom. The van der Waals surface area contributed by atoms with Crippen LogP contribution in [0.15, 0.2) is 29.8 Å². The van der Waals surface area contributed by atoms with Gasteiger partial charge in [0, 0.05) is 13.0 Å². The van der Waals surface area contributed by atoms with Gasteiger partial charge in [-0.15, -0.1) is 0 Å². The first-order valence-corrected chi connectivity index (χ1v) is 16.4. The standard InChI is InChI=1S/C34H44N2O8/c1-32(2)15-22-21(7-8-25-33(3,43-25)10-9-23(22)32)14-19-5-4-6-20(13-19)17-36-28-30(38)42-24-16-34(28,31(39)35-11-12-37)29(44-36)27-26(24)40-18-41-27/h4-6,13-14,22-29,37H,7-12,15-18H2,1-3H3,(H,35,39)/t22-,23-,24-,25?,26+,27+,28+,29-,33-,34+/m1/s1. The molecule has 7 aliphatic rings. The lowest BCUT2D eigenvalue weighted by Gasteiger charge is -2.53. The Hall–Kier alpha value is -2.34. The quantitative estimate of drug-likeness (QED) is 0.371. The van der Waals surface area contributed by atoms with Crippen molar-refractivity contribution in [2.24, 2.45) is 22.7 Å². The van der Waals surface area contributed by atoms with E-state index in [4.69, 9.17) is 23.8 Å². The Labute approximate surface area is 258 Å². The zero-order valence-electron chi connectivity index (χ0n) is 25.8. The number of carbonyl (C=O) groups excluding carboxylic acids is 2. The number of nitrogens with one attached hydrogen (secondary N) is 1. The number of ether oxygens (including phenoxy) is 4. The first-order valence-electron chi connectivity index (χ1n) is 16.4. The van der Waals surface area contributed by atoms with Crippen molar-refractivity contribution in [3.63, 3.8) is 0 Å². The van der Waals surface area contributed by atoms with E-state index in [0.717, 1.165) is 30.4 Å². The van der Waals surface area contributed by atoms with Crippen LogP contribution in [0.5, 0.6) is 0 Å². The third kappa shape index (κ3) is 4.43. The smallest absolute Gasteiger partial charge is 0.327 e. The maximum atomic E-state index is 13.7. The number of nitrogens with zero attached hydrogens (tertiary/aromatic N) is 1. The van der Waals surface area contributed by atoms with Crippen LogP contribution < -0.4 is 5.32 Å². The van der Waals surface area contributed by atoms with Gasteiger partial charge in [-0.2, -0.15) is 5.06 Å². The highest BCUT2D eigenvalue weighted by Gasteiger charge is 2.74. The average molecular weight is 609 g/mol. The van der Waals surface area contributed by atoms with E-state index in [9.17, 15) is 14.7 Å². The van der Waals surface area contributed by atoms with Gasteiger partial charge in [0.15, 0.2) is 6.04 Å². The molecule has 10 atom stereocenters. The second kappa shape index (κ2) is 10.3. The van der Waals surface area contributed by atoms with Gasteiger partial charge in [0.05, 0.1) is 24.9 Å². The maximum Gasteiger partial charge on any atom is 0.327 e. The second-order valence-electron chi connectivity index (χ2n) is 14.9. The molecule has 10 heteroatoms. The van der Waals surface area contributed by atoms with Crippen LogP contribution in [0.3, 0.4) is 0 Å². The molecule has 2 bridgehead atoms. The SMILES string of the molecule is CC1(C)C[C@@H]2C(=Cc3cccc(CN4O[C@@H]5[C@H]6OCO[C@H]6[C@H]6C[C@]5(C(=O)NCCO)[C@@H]4C(=O)O6)c3)CCC3O[C@]3(C)CC[C@H]21. The summed E-state index contributed by atoms with van der Waals surface area (Å²) >= 11 is 0. The predicted octanol–water partition coefficient (Wildman–Crippen LogP) is 3.11. The number of esters is 1. The third-order valence-corrected chi connectivity index (χ3v) is 11.9. The minimum atomic E-state index is -1.20. The van der Waals surface area contributed by atoms with Crippen molar-refractivity contribution in [2.75, 3.05) is 19.9 Å². The van der Waals surface area contributed by atoms with Crippen LogP contribution in [-0.2, 0) is 39.9 Å². The number of rotatable bonds is 6. The van der Waals surface area contributed by atoms with E-state index in [1.807, 2.05) is 12.1 Å². The molecule has 4 heterocycles. The molecule has 1 aromatic carbocycles. The van der Waals surface area contributed by atoms with Crippen LogP contribution in [0, 0.1) is 22.7 Å². The fraction of sp³-hybridized carbons (Fsp3) is 0.706. The topological polar surface area (TPSA) is 119 Å². The molecule has 4 aliphatic heterocycles. The fourth-order valence-electron chi connectivity index (χ4n) is 9.55. The van der Waals surface area contributed by atoms with Crippen LogP contribution in [0.4, 0.5) is 0 Å². The van der Waals surface area contributed by atoms with E-state index in [-0.39, 0.29) is 37.9 Å². The summed E-state index contributed by atoms with van der Waals surface area (Å²) in [6.07, 6.45) is 6.38. The molecule has 8 rings (SSSR count). The predicted molar refractivity (Wildman–Crippen MR) is 157 cm³/mol. The van der Waals surface area contributed by atoms with E-state index >= 15 is 0 Å². The molecule has 1 amide bonds. The summed E-state index contributed by atoms with van der Waals surface area (Å²) in [6, 6.07) is 7.45. The van der Waals surface area contributed by atoms with E-state index in [2.05, 4.69) is 44.3 Å². The Balaban J connectivity index is 1.07. The van der Waals surface area contributed by atoms with Gasteiger partial charge in [-0.25, -0.2) is 0 Å². The normalized spacial score (nSPS) is 44.3. The average Bonchev–Trinajstić information content (AvgIpc) is 3.29.